The Bertz CT molecular complexity index is 787. The molecule has 0 fully saturated rings. The van der Waals surface area contributed by atoms with Crippen molar-refractivity contribution in [2.24, 2.45) is 0 Å². The maximum atomic E-state index is 13.7. The third-order valence-corrected chi connectivity index (χ3v) is 4.91. The molecule has 3 rings (SSSR count). The van der Waals surface area contributed by atoms with Crippen molar-refractivity contribution in [2.75, 3.05) is 4.72 Å². The van der Waals surface area contributed by atoms with Gasteiger partial charge in [0.25, 0.3) is 6.43 Å². The van der Waals surface area contributed by atoms with E-state index in [0.29, 0.717) is 20.8 Å². The fraction of sp³-hybridized carbons (Fsp3) is 0.0833. The van der Waals surface area contributed by atoms with Crippen LogP contribution in [0.15, 0.2) is 28.7 Å². The van der Waals surface area contributed by atoms with Crippen molar-refractivity contribution in [1.29, 1.82) is 0 Å². The zero-order valence-corrected chi connectivity index (χ0v) is 12.6. The second-order valence-corrected chi connectivity index (χ2v) is 6.58. The topological polar surface area (TPSA) is 40.7 Å². The highest BCUT2D eigenvalue weighted by Gasteiger charge is 2.14. The van der Waals surface area contributed by atoms with Gasteiger partial charge in [-0.1, -0.05) is 11.6 Å². The van der Waals surface area contributed by atoms with Gasteiger partial charge in [0.05, 0.1) is 27.8 Å². The van der Waals surface area contributed by atoms with E-state index in [1.165, 1.54) is 18.5 Å². The van der Waals surface area contributed by atoms with E-state index in [4.69, 9.17) is 11.6 Å². The summed E-state index contributed by atoms with van der Waals surface area (Å²) in [5.74, 6) is -0.426. The average Bonchev–Trinajstić information content (AvgIpc) is 3.06. The van der Waals surface area contributed by atoms with Crippen LogP contribution in [0.3, 0.4) is 0 Å². The first kappa shape index (κ1) is 14.6. The number of H-pyrrole nitrogens is 1. The molecule has 2 aromatic heterocycles. The molecular weight excluding hydrogens is 343 g/mol. The van der Waals surface area contributed by atoms with E-state index in [9.17, 15) is 13.2 Å². The van der Waals surface area contributed by atoms with Crippen molar-refractivity contribution < 1.29 is 13.2 Å². The Hall–Kier alpha value is -1.38. The van der Waals surface area contributed by atoms with Crippen molar-refractivity contribution >= 4 is 51.5 Å². The van der Waals surface area contributed by atoms with Crippen LogP contribution in [0, 0.1) is 5.82 Å². The van der Waals surface area contributed by atoms with Crippen molar-refractivity contribution in [3.05, 3.63) is 40.4 Å². The van der Waals surface area contributed by atoms with E-state index in [2.05, 4.69) is 14.7 Å². The number of hydrogen-bond acceptors (Lipinski definition) is 4. The van der Waals surface area contributed by atoms with Gasteiger partial charge in [-0.15, -0.1) is 11.3 Å². The molecule has 21 heavy (non-hydrogen) atoms. The van der Waals surface area contributed by atoms with Crippen LogP contribution in [0.25, 0.3) is 10.9 Å². The molecule has 0 amide bonds. The van der Waals surface area contributed by atoms with Gasteiger partial charge in [-0.25, -0.2) is 18.2 Å². The molecular formula is C12H7ClF3N3S2. The number of halogens is 4. The van der Waals surface area contributed by atoms with Crippen LogP contribution in [0.1, 0.15) is 11.4 Å². The maximum absolute atomic E-state index is 13.7. The molecule has 0 saturated heterocycles. The van der Waals surface area contributed by atoms with E-state index < -0.39 is 12.2 Å². The minimum atomic E-state index is -2.58. The van der Waals surface area contributed by atoms with Gasteiger partial charge in [-0.2, -0.15) is 0 Å². The van der Waals surface area contributed by atoms with Crippen LogP contribution >= 0.6 is 34.9 Å². The molecule has 0 atom stereocenters. The summed E-state index contributed by atoms with van der Waals surface area (Å²) in [6.45, 7) is 0. The second kappa shape index (κ2) is 5.78. The van der Waals surface area contributed by atoms with Crippen molar-refractivity contribution in [3.8, 4) is 0 Å². The lowest BCUT2D eigenvalue weighted by atomic mass is 10.2. The number of anilines is 1. The van der Waals surface area contributed by atoms with Crippen molar-refractivity contribution in [1.82, 2.24) is 9.97 Å². The molecule has 3 nitrogen and oxygen atoms in total. The van der Waals surface area contributed by atoms with Crippen molar-refractivity contribution in [2.45, 2.75) is 10.6 Å². The molecule has 0 bridgehead atoms. The normalized spacial score (nSPS) is 11.5. The lowest BCUT2D eigenvalue weighted by Crippen LogP contribution is -1.88. The van der Waals surface area contributed by atoms with Crippen LogP contribution in [-0.2, 0) is 0 Å². The SMILES string of the molecule is Fc1ccc(NSc2cnc(C(F)F)s2)c2[nH]cc(Cl)c12. The summed E-state index contributed by atoms with van der Waals surface area (Å²) < 4.78 is 42.2. The summed E-state index contributed by atoms with van der Waals surface area (Å²) in [6.07, 6.45) is 0.281. The monoisotopic (exact) mass is 349 g/mol. The van der Waals surface area contributed by atoms with Crippen LogP contribution in [0.4, 0.5) is 18.9 Å². The predicted octanol–water partition coefficient (Wildman–Crippen LogP) is 5.47. The lowest BCUT2D eigenvalue weighted by molar-refractivity contribution is 0.151. The first-order valence-corrected chi connectivity index (χ1v) is 7.69. The number of nitrogens with one attached hydrogen (secondary N) is 2. The highest BCUT2D eigenvalue weighted by molar-refractivity contribution is 8.02. The number of alkyl halides is 2. The quantitative estimate of drug-likeness (QED) is 0.613. The Balaban J connectivity index is 1.83. The molecule has 9 heteroatoms. The number of benzene rings is 1. The number of nitrogens with zero attached hydrogens (tertiary/aromatic N) is 1. The van der Waals surface area contributed by atoms with E-state index in [-0.39, 0.29) is 10.0 Å². The summed E-state index contributed by atoms with van der Waals surface area (Å²) >= 11 is 7.94. The van der Waals surface area contributed by atoms with Gasteiger partial charge < -0.3 is 9.71 Å². The average molecular weight is 350 g/mol. The van der Waals surface area contributed by atoms with Gasteiger partial charge in [0, 0.05) is 6.20 Å². The number of hydrogen-bond donors (Lipinski definition) is 2. The number of rotatable bonds is 4. The maximum Gasteiger partial charge on any atom is 0.289 e. The molecule has 3 aromatic rings. The predicted molar refractivity (Wildman–Crippen MR) is 79.8 cm³/mol. The molecule has 1 aromatic carbocycles. The zero-order valence-electron chi connectivity index (χ0n) is 10.2. The minimum absolute atomic E-state index is 0.230. The number of aromatic nitrogens is 2. The van der Waals surface area contributed by atoms with Crippen LogP contribution < -0.4 is 4.72 Å². The molecule has 2 N–H and O–H groups in total. The summed E-state index contributed by atoms with van der Waals surface area (Å²) in [6, 6.07) is 2.84. The van der Waals surface area contributed by atoms with Crippen LogP contribution in [-0.4, -0.2) is 9.97 Å². The fourth-order valence-electron chi connectivity index (χ4n) is 1.78. The Morgan fingerprint density at radius 1 is 1.38 bits per heavy atom. The molecule has 0 spiro atoms. The molecule has 0 unspecified atom stereocenters. The molecule has 0 saturated carbocycles. The minimum Gasteiger partial charge on any atom is -0.358 e. The first-order valence-electron chi connectivity index (χ1n) is 5.68. The lowest BCUT2D eigenvalue weighted by Gasteiger charge is -2.05. The van der Waals surface area contributed by atoms with Gasteiger partial charge in [0.2, 0.25) is 0 Å². The van der Waals surface area contributed by atoms with Crippen LogP contribution in [0.2, 0.25) is 5.02 Å². The molecule has 0 aliphatic carbocycles. The standard InChI is InChI=1S/C12H7ClF3N3S2/c13-5-3-17-10-7(2-1-6(14)9(5)10)19-21-8-4-18-12(20-8)11(15)16/h1-4,11,17,19H. The fourth-order valence-corrected chi connectivity index (χ4v) is 3.56. The van der Waals surface area contributed by atoms with Gasteiger partial charge in [-0.05, 0) is 24.1 Å². The van der Waals surface area contributed by atoms with Gasteiger partial charge in [-0.3, -0.25) is 0 Å². The highest BCUT2D eigenvalue weighted by atomic mass is 35.5. The molecule has 0 radical (unpaired) electrons. The largest absolute Gasteiger partial charge is 0.358 e. The number of aromatic amines is 1. The zero-order chi connectivity index (χ0) is 15.0. The third-order valence-electron chi connectivity index (χ3n) is 2.69. The molecule has 0 aliphatic rings. The highest BCUT2D eigenvalue weighted by Crippen LogP contribution is 2.35. The van der Waals surface area contributed by atoms with E-state index in [0.717, 1.165) is 23.3 Å². The van der Waals surface area contributed by atoms with E-state index in [1.54, 1.807) is 6.07 Å². The Morgan fingerprint density at radius 3 is 2.90 bits per heavy atom. The summed E-state index contributed by atoms with van der Waals surface area (Å²) in [4.78, 5) is 6.50. The summed E-state index contributed by atoms with van der Waals surface area (Å²) in [5, 5.41) is 0.347. The van der Waals surface area contributed by atoms with Gasteiger partial charge >= 0.3 is 0 Å². The second-order valence-electron chi connectivity index (χ2n) is 4.00. The first-order chi connectivity index (χ1) is 10.1. The Morgan fingerprint density at radius 2 is 2.19 bits per heavy atom. The molecule has 0 aliphatic heterocycles. The van der Waals surface area contributed by atoms with Crippen molar-refractivity contribution in [3.63, 3.8) is 0 Å². The summed E-state index contributed by atoms with van der Waals surface area (Å²) in [5.41, 5.74) is 1.13. The molecule has 110 valence electrons. The van der Waals surface area contributed by atoms with E-state index in [1.807, 2.05) is 0 Å². The smallest absolute Gasteiger partial charge is 0.289 e. The third kappa shape index (κ3) is 2.83. The number of thiazole rings is 1. The summed E-state index contributed by atoms with van der Waals surface area (Å²) in [7, 11) is 0. The van der Waals surface area contributed by atoms with Gasteiger partial charge in [0.15, 0.2) is 5.01 Å². The Kier molecular flexibility index (Phi) is 4.01. The number of fused-ring (bicyclic) bond motifs is 1. The van der Waals surface area contributed by atoms with E-state index >= 15 is 0 Å². The van der Waals surface area contributed by atoms with Crippen LogP contribution in [0.5, 0.6) is 0 Å². The van der Waals surface area contributed by atoms with Gasteiger partial charge in [0.1, 0.15) is 10.0 Å². The Labute approximate surface area is 130 Å². The molecule has 2 heterocycles.